The number of ether oxygens (including phenoxy) is 1. The maximum Gasteiger partial charge on any atom is 0.300 e. The molecule has 35 heavy (non-hydrogen) atoms. The van der Waals surface area contributed by atoms with Gasteiger partial charge < -0.3 is 9.84 Å². The van der Waals surface area contributed by atoms with Gasteiger partial charge in [0.2, 0.25) is 0 Å². The Hall–Kier alpha value is -3.28. The number of anilines is 1. The monoisotopic (exact) mass is 509 g/mol. The number of amides is 1. The molecular formula is C28H25Cl2NO4. The van der Waals surface area contributed by atoms with Crippen LogP contribution in [0.2, 0.25) is 10.0 Å². The van der Waals surface area contributed by atoms with Crippen molar-refractivity contribution < 1.29 is 19.4 Å². The lowest BCUT2D eigenvalue weighted by atomic mass is 9.92. The highest BCUT2D eigenvalue weighted by Gasteiger charge is 2.47. The summed E-state index contributed by atoms with van der Waals surface area (Å²) in [6.07, 6.45) is 0. The van der Waals surface area contributed by atoms with Crippen LogP contribution in [-0.2, 0) is 9.59 Å². The quantitative estimate of drug-likeness (QED) is 0.221. The fraction of sp³-hybridized carbons (Fsp3) is 0.214. The molecule has 0 radical (unpaired) electrons. The average molecular weight is 510 g/mol. The van der Waals surface area contributed by atoms with Crippen molar-refractivity contribution in [2.75, 3.05) is 11.5 Å². The molecule has 1 amide bonds. The van der Waals surface area contributed by atoms with Gasteiger partial charge in [-0.05, 0) is 66.4 Å². The van der Waals surface area contributed by atoms with E-state index in [9.17, 15) is 14.7 Å². The average Bonchev–Trinajstić information content (AvgIpc) is 3.10. The molecule has 1 aliphatic heterocycles. The summed E-state index contributed by atoms with van der Waals surface area (Å²) in [5, 5.41) is 11.9. The second kappa shape index (κ2) is 10.1. The number of ketones is 1. The van der Waals surface area contributed by atoms with E-state index in [2.05, 4.69) is 13.8 Å². The molecule has 5 nitrogen and oxygen atoms in total. The molecule has 0 spiro atoms. The van der Waals surface area contributed by atoms with Crippen LogP contribution in [0.25, 0.3) is 5.76 Å². The Morgan fingerprint density at radius 1 is 1.00 bits per heavy atom. The molecule has 0 aromatic heterocycles. The molecule has 0 saturated carbocycles. The van der Waals surface area contributed by atoms with Crippen LogP contribution in [0, 0.1) is 12.8 Å². The minimum atomic E-state index is -0.842. The number of aliphatic hydroxyl groups excluding tert-OH is 1. The molecular weight excluding hydrogens is 485 g/mol. The summed E-state index contributed by atoms with van der Waals surface area (Å²) in [6, 6.07) is 18.2. The van der Waals surface area contributed by atoms with Crippen molar-refractivity contribution in [3.8, 4) is 5.75 Å². The third-order valence-corrected chi connectivity index (χ3v) is 6.56. The fourth-order valence-corrected chi connectivity index (χ4v) is 4.34. The van der Waals surface area contributed by atoms with E-state index in [0.717, 1.165) is 11.1 Å². The predicted octanol–water partition coefficient (Wildman–Crippen LogP) is 6.96. The van der Waals surface area contributed by atoms with Gasteiger partial charge in [-0.25, -0.2) is 0 Å². The standard InChI is InChI=1S/C28H25Cl2NO4/c1-16(2)15-35-20-11-8-18(9-12-20)26(32)24-25(21-7-5-4-6-17(21)3)31(28(34)27(24)33)19-10-13-22(29)23(30)14-19/h4-14,16,25,32H,15H2,1-3H3/b26-24+. The topological polar surface area (TPSA) is 66.8 Å². The van der Waals surface area contributed by atoms with Gasteiger partial charge in [-0.3, -0.25) is 14.5 Å². The lowest BCUT2D eigenvalue weighted by Gasteiger charge is -2.27. The van der Waals surface area contributed by atoms with Crippen molar-refractivity contribution in [2.45, 2.75) is 26.8 Å². The van der Waals surface area contributed by atoms with E-state index in [-0.39, 0.29) is 16.4 Å². The summed E-state index contributed by atoms with van der Waals surface area (Å²) in [5.41, 5.74) is 2.41. The van der Waals surface area contributed by atoms with Crippen molar-refractivity contribution in [2.24, 2.45) is 5.92 Å². The number of Topliss-reactive ketones (excluding diaryl/α,β-unsaturated/α-hetero) is 1. The molecule has 4 rings (SSSR count). The van der Waals surface area contributed by atoms with Crippen molar-refractivity contribution in [1.29, 1.82) is 0 Å². The van der Waals surface area contributed by atoms with E-state index in [1.807, 2.05) is 31.2 Å². The van der Waals surface area contributed by atoms with E-state index in [4.69, 9.17) is 27.9 Å². The number of halogens is 2. The number of hydrogen-bond acceptors (Lipinski definition) is 4. The van der Waals surface area contributed by atoms with Gasteiger partial charge in [0.1, 0.15) is 11.5 Å². The summed E-state index contributed by atoms with van der Waals surface area (Å²) in [7, 11) is 0. The SMILES string of the molecule is Cc1ccccc1C1/C(=C(\O)c2ccc(OCC(C)C)cc2)C(=O)C(=O)N1c1ccc(Cl)c(Cl)c1. The van der Waals surface area contributed by atoms with E-state index >= 15 is 0 Å². The molecule has 1 heterocycles. The number of benzene rings is 3. The van der Waals surface area contributed by atoms with E-state index in [0.29, 0.717) is 34.5 Å². The minimum Gasteiger partial charge on any atom is -0.507 e. The van der Waals surface area contributed by atoms with Crippen molar-refractivity contribution in [1.82, 2.24) is 0 Å². The van der Waals surface area contributed by atoms with E-state index < -0.39 is 17.7 Å². The first-order valence-corrected chi connectivity index (χ1v) is 12.0. The number of carbonyl (C=O) groups is 2. The summed E-state index contributed by atoms with van der Waals surface area (Å²) in [6.45, 7) is 6.57. The number of hydrogen-bond donors (Lipinski definition) is 1. The van der Waals surface area contributed by atoms with Crippen LogP contribution < -0.4 is 9.64 Å². The summed E-state index contributed by atoms with van der Waals surface area (Å²) in [4.78, 5) is 27.9. The third-order valence-electron chi connectivity index (χ3n) is 5.82. The zero-order valence-electron chi connectivity index (χ0n) is 19.6. The van der Waals surface area contributed by atoms with Crippen LogP contribution in [-0.4, -0.2) is 23.4 Å². The largest absolute Gasteiger partial charge is 0.507 e. The molecule has 1 fully saturated rings. The number of aliphatic hydroxyl groups is 1. The van der Waals surface area contributed by atoms with E-state index in [1.54, 1.807) is 42.5 Å². The molecule has 3 aromatic carbocycles. The highest BCUT2D eigenvalue weighted by atomic mass is 35.5. The number of carbonyl (C=O) groups excluding carboxylic acids is 2. The van der Waals surface area contributed by atoms with Crippen LogP contribution in [0.5, 0.6) is 5.75 Å². The normalized spacial score (nSPS) is 17.3. The Morgan fingerprint density at radius 2 is 1.69 bits per heavy atom. The van der Waals surface area contributed by atoms with Gasteiger partial charge in [-0.1, -0.05) is 61.3 Å². The van der Waals surface area contributed by atoms with E-state index in [1.165, 1.54) is 4.90 Å². The third kappa shape index (κ3) is 4.93. The first-order chi connectivity index (χ1) is 16.7. The van der Waals surface area contributed by atoms with Crippen LogP contribution >= 0.6 is 23.2 Å². The summed E-state index contributed by atoms with van der Waals surface area (Å²) < 4.78 is 5.72. The Bertz CT molecular complexity index is 1310. The fourth-order valence-electron chi connectivity index (χ4n) is 4.05. The lowest BCUT2D eigenvalue weighted by Crippen LogP contribution is -2.29. The second-order valence-corrected chi connectivity index (χ2v) is 9.67. The maximum atomic E-state index is 13.3. The van der Waals surface area contributed by atoms with Crippen molar-refractivity contribution >= 4 is 46.3 Å². The number of aryl methyl sites for hydroxylation is 1. The van der Waals surface area contributed by atoms with Gasteiger partial charge in [-0.2, -0.15) is 0 Å². The smallest absolute Gasteiger partial charge is 0.300 e. The first-order valence-electron chi connectivity index (χ1n) is 11.2. The zero-order valence-corrected chi connectivity index (χ0v) is 21.1. The predicted molar refractivity (Wildman–Crippen MR) is 139 cm³/mol. The Labute approximate surface area is 214 Å². The molecule has 0 aliphatic carbocycles. The molecule has 1 saturated heterocycles. The van der Waals surface area contributed by atoms with Crippen molar-refractivity contribution in [3.05, 3.63) is 99.0 Å². The Morgan fingerprint density at radius 3 is 2.31 bits per heavy atom. The van der Waals surface area contributed by atoms with Gasteiger partial charge >= 0.3 is 0 Å². The maximum absolute atomic E-state index is 13.3. The highest BCUT2D eigenvalue weighted by Crippen LogP contribution is 2.44. The van der Waals surface area contributed by atoms with Crippen LogP contribution in [0.4, 0.5) is 5.69 Å². The first kappa shape index (κ1) is 24.8. The summed E-state index contributed by atoms with van der Waals surface area (Å²) >= 11 is 12.3. The minimum absolute atomic E-state index is 0.00576. The Balaban J connectivity index is 1.85. The van der Waals surface area contributed by atoms with Crippen molar-refractivity contribution in [3.63, 3.8) is 0 Å². The lowest BCUT2D eigenvalue weighted by molar-refractivity contribution is -0.132. The molecule has 1 unspecified atom stereocenters. The van der Waals surface area contributed by atoms with Gasteiger partial charge in [-0.15, -0.1) is 0 Å². The molecule has 7 heteroatoms. The van der Waals surface area contributed by atoms with Gasteiger partial charge in [0.15, 0.2) is 0 Å². The molecule has 1 aliphatic rings. The van der Waals surface area contributed by atoms with Crippen LogP contribution in [0.15, 0.2) is 72.3 Å². The Kier molecular flexibility index (Phi) is 7.20. The number of rotatable bonds is 6. The second-order valence-electron chi connectivity index (χ2n) is 8.85. The highest BCUT2D eigenvalue weighted by molar-refractivity contribution is 6.52. The van der Waals surface area contributed by atoms with Gasteiger partial charge in [0.05, 0.1) is 28.3 Å². The van der Waals surface area contributed by atoms with Crippen LogP contribution in [0.3, 0.4) is 0 Å². The zero-order chi connectivity index (χ0) is 25.3. The van der Waals surface area contributed by atoms with Crippen LogP contribution in [0.1, 0.15) is 36.6 Å². The number of nitrogens with zero attached hydrogens (tertiary/aromatic N) is 1. The molecule has 1 atom stereocenters. The summed E-state index contributed by atoms with van der Waals surface area (Å²) in [5.74, 6) is -0.761. The van der Waals surface area contributed by atoms with Gasteiger partial charge in [0.25, 0.3) is 11.7 Å². The molecule has 1 N–H and O–H groups in total. The molecule has 0 bridgehead atoms. The molecule has 3 aromatic rings. The van der Waals surface area contributed by atoms with Gasteiger partial charge in [0, 0.05) is 11.3 Å². The molecule has 180 valence electrons.